The van der Waals surface area contributed by atoms with E-state index in [1.165, 1.54) is 0 Å². The third kappa shape index (κ3) is 4.67. The number of hydrogen-bond donors (Lipinski definition) is 2. The fourth-order valence-corrected chi connectivity index (χ4v) is 0.919. The van der Waals surface area contributed by atoms with Crippen LogP contribution in [0.15, 0.2) is 0 Å². The van der Waals surface area contributed by atoms with E-state index in [0.29, 0.717) is 0 Å². The first-order valence-corrected chi connectivity index (χ1v) is 4.26. The molecule has 0 amide bonds. The van der Waals surface area contributed by atoms with E-state index < -0.39 is 32.5 Å². The molecule has 0 aromatic rings. The fourth-order valence-electron chi connectivity index (χ4n) is 0.330. The van der Waals surface area contributed by atoms with Crippen LogP contribution in [0.5, 0.6) is 0 Å². The van der Waals surface area contributed by atoms with Crippen LogP contribution in [0.4, 0.5) is 0 Å². The van der Waals surface area contributed by atoms with Gasteiger partial charge in [0.25, 0.3) is 0 Å². The second-order valence-corrected chi connectivity index (χ2v) is 3.17. The molecule has 3 atom stereocenters. The summed E-state index contributed by atoms with van der Waals surface area (Å²) in [6.07, 6.45) is -1.49. The number of aliphatic hydroxyl groups excluding tert-OH is 2. The zero-order valence-electron chi connectivity index (χ0n) is 6.76. The van der Waals surface area contributed by atoms with E-state index in [9.17, 15) is 14.4 Å². The highest BCUT2D eigenvalue weighted by Crippen LogP contribution is 2.20. The molecule has 0 aromatic heterocycles. The second-order valence-electron chi connectivity index (χ2n) is 2.14. The fraction of sp³-hybridized carbons (Fsp3) is 0.500. The van der Waals surface area contributed by atoms with Gasteiger partial charge in [-0.15, -0.1) is 0 Å². The van der Waals surface area contributed by atoms with E-state index in [1.807, 2.05) is 0 Å². The summed E-state index contributed by atoms with van der Waals surface area (Å²) in [6.45, 7) is 1.01. The lowest BCUT2D eigenvalue weighted by Crippen LogP contribution is -2.24. The Hall–Kier alpha value is -0.840. The smallest absolute Gasteiger partial charge is 0.376 e. The maximum Gasteiger partial charge on any atom is 0.376 e. The molecule has 0 fully saturated rings. The Kier molecular flexibility index (Phi) is 5.37. The van der Waals surface area contributed by atoms with Crippen molar-refractivity contribution in [3.8, 4) is 0 Å². The van der Waals surface area contributed by atoms with Gasteiger partial charge in [0, 0.05) is 6.92 Å². The quantitative estimate of drug-likeness (QED) is 0.327. The van der Waals surface area contributed by atoms with Crippen LogP contribution in [0.2, 0.25) is 0 Å². The molecule has 0 rings (SSSR count). The SMILES string of the molecule is CC(=O)C(=O)OPC(O)C(O)C=O. The summed E-state index contributed by atoms with van der Waals surface area (Å²) >= 11 is 0. The first-order valence-electron chi connectivity index (χ1n) is 3.27. The Morgan fingerprint density at radius 3 is 2.38 bits per heavy atom. The van der Waals surface area contributed by atoms with Gasteiger partial charge >= 0.3 is 5.97 Å². The molecule has 0 saturated carbocycles. The number of aliphatic hydroxyl groups is 2. The van der Waals surface area contributed by atoms with Gasteiger partial charge in [-0.25, -0.2) is 4.79 Å². The predicted octanol–water partition coefficient (Wildman–Crippen LogP) is -1.41. The molecule has 0 spiro atoms. The Bertz CT molecular complexity index is 215. The van der Waals surface area contributed by atoms with Crippen LogP contribution in [0, 0.1) is 0 Å². The maximum absolute atomic E-state index is 10.5. The molecule has 0 heterocycles. The first-order chi connectivity index (χ1) is 5.99. The summed E-state index contributed by atoms with van der Waals surface area (Å²) in [7, 11) is -0.830. The molecule has 2 N–H and O–H groups in total. The Morgan fingerprint density at radius 1 is 1.46 bits per heavy atom. The van der Waals surface area contributed by atoms with Crippen molar-refractivity contribution < 1.29 is 29.1 Å². The van der Waals surface area contributed by atoms with Crippen molar-refractivity contribution in [1.29, 1.82) is 0 Å². The lowest BCUT2D eigenvalue weighted by Gasteiger charge is -2.10. The van der Waals surface area contributed by atoms with Crippen LogP contribution in [0.3, 0.4) is 0 Å². The molecule has 0 bridgehead atoms. The van der Waals surface area contributed by atoms with E-state index in [0.717, 1.165) is 6.92 Å². The van der Waals surface area contributed by atoms with Gasteiger partial charge in [-0.05, 0) is 0 Å². The van der Waals surface area contributed by atoms with Gasteiger partial charge in [-0.1, -0.05) is 0 Å². The summed E-state index contributed by atoms with van der Waals surface area (Å²) in [5, 5.41) is 17.6. The van der Waals surface area contributed by atoms with Crippen molar-refractivity contribution >= 4 is 26.8 Å². The number of aldehydes is 1. The van der Waals surface area contributed by atoms with Crippen LogP contribution in [0.1, 0.15) is 6.92 Å². The van der Waals surface area contributed by atoms with Gasteiger partial charge in [-0.2, -0.15) is 0 Å². The highest BCUT2D eigenvalue weighted by Gasteiger charge is 2.19. The molecule has 0 aliphatic heterocycles. The molecular formula is C6H9O6P. The zero-order chi connectivity index (χ0) is 10.4. The van der Waals surface area contributed by atoms with E-state index in [2.05, 4.69) is 4.52 Å². The van der Waals surface area contributed by atoms with Gasteiger partial charge in [0.2, 0.25) is 5.78 Å². The summed E-state index contributed by atoms with van der Waals surface area (Å²) in [5.74, 6) is -3.38. The molecule has 74 valence electrons. The molecule has 0 aromatic carbocycles. The largest absolute Gasteiger partial charge is 0.440 e. The number of Topliss-reactive ketones (excluding diaryl/α,β-unsaturated/α-hetero) is 1. The Balaban J connectivity index is 3.82. The van der Waals surface area contributed by atoms with Crippen LogP contribution in [0.25, 0.3) is 0 Å². The highest BCUT2D eigenvalue weighted by atomic mass is 31.1. The summed E-state index contributed by atoms with van der Waals surface area (Å²) in [6, 6.07) is 0. The van der Waals surface area contributed by atoms with Crippen molar-refractivity contribution in [2.24, 2.45) is 0 Å². The molecule has 0 radical (unpaired) electrons. The molecule has 7 heteroatoms. The van der Waals surface area contributed by atoms with Crippen LogP contribution < -0.4 is 0 Å². The van der Waals surface area contributed by atoms with Crippen molar-refractivity contribution in [2.75, 3.05) is 0 Å². The zero-order valence-corrected chi connectivity index (χ0v) is 7.76. The maximum atomic E-state index is 10.5. The normalized spacial score (nSPS) is 15.3. The first kappa shape index (κ1) is 12.2. The standard InChI is InChI=1S/C6H9O6P/c1-3(8)5(10)12-13-6(11)4(9)2-7/h2,4,6,9,11,13H,1H3. The third-order valence-corrected chi connectivity index (χ3v) is 1.91. The van der Waals surface area contributed by atoms with E-state index in [1.54, 1.807) is 0 Å². The number of rotatable bonds is 5. The summed E-state index contributed by atoms with van der Waals surface area (Å²) < 4.78 is 4.26. The minimum absolute atomic E-state index is 0.110. The van der Waals surface area contributed by atoms with Crippen molar-refractivity contribution in [3.63, 3.8) is 0 Å². The van der Waals surface area contributed by atoms with Crippen LogP contribution in [-0.2, 0) is 18.9 Å². The lowest BCUT2D eigenvalue weighted by atomic mass is 10.4. The summed E-state index contributed by atoms with van der Waals surface area (Å²) in [5.41, 5.74) is 0. The van der Waals surface area contributed by atoms with Gasteiger partial charge < -0.3 is 19.5 Å². The number of carbonyl (C=O) groups excluding carboxylic acids is 3. The molecule has 3 unspecified atom stereocenters. The van der Waals surface area contributed by atoms with Gasteiger partial charge in [0.15, 0.2) is 6.29 Å². The van der Waals surface area contributed by atoms with Crippen molar-refractivity contribution in [1.82, 2.24) is 0 Å². The molecular weight excluding hydrogens is 199 g/mol. The average molecular weight is 208 g/mol. The monoisotopic (exact) mass is 208 g/mol. The summed E-state index contributed by atoms with van der Waals surface area (Å²) in [4.78, 5) is 30.7. The molecule has 6 nitrogen and oxygen atoms in total. The third-order valence-electron chi connectivity index (χ3n) is 1.02. The van der Waals surface area contributed by atoms with E-state index in [-0.39, 0.29) is 6.29 Å². The number of ketones is 1. The molecule has 0 aliphatic rings. The number of carbonyl (C=O) groups is 3. The van der Waals surface area contributed by atoms with Crippen LogP contribution >= 0.6 is 8.81 Å². The average Bonchev–Trinajstić information content (AvgIpc) is 2.11. The van der Waals surface area contributed by atoms with Gasteiger partial charge in [-0.3, -0.25) is 4.79 Å². The Labute approximate surface area is 75.8 Å². The van der Waals surface area contributed by atoms with E-state index >= 15 is 0 Å². The molecule has 0 aliphatic carbocycles. The number of hydrogen-bond acceptors (Lipinski definition) is 6. The van der Waals surface area contributed by atoms with Crippen LogP contribution in [-0.4, -0.2) is 40.2 Å². The van der Waals surface area contributed by atoms with Crippen molar-refractivity contribution in [2.45, 2.75) is 18.9 Å². The van der Waals surface area contributed by atoms with E-state index in [4.69, 9.17) is 10.2 Å². The minimum Gasteiger partial charge on any atom is -0.440 e. The highest BCUT2D eigenvalue weighted by molar-refractivity contribution is 7.33. The Morgan fingerprint density at radius 2 is 2.00 bits per heavy atom. The van der Waals surface area contributed by atoms with Crippen molar-refractivity contribution in [3.05, 3.63) is 0 Å². The van der Waals surface area contributed by atoms with Gasteiger partial charge in [0.1, 0.15) is 20.8 Å². The van der Waals surface area contributed by atoms with Gasteiger partial charge in [0.05, 0.1) is 0 Å². The minimum atomic E-state index is -1.60. The lowest BCUT2D eigenvalue weighted by molar-refractivity contribution is -0.145. The predicted molar refractivity (Wildman–Crippen MR) is 43.2 cm³/mol. The second kappa shape index (κ2) is 5.75. The molecule has 0 saturated heterocycles. The topological polar surface area (TPSA) is 101 Å². The molecule has 13 heavy (non-hydrogen) atoms.